The Morgan fingerprint density at radius 1 is 1.17 bits per heavy atom. The van der Waals surface area contributed by atoms with Crippen molar-refractivity contribution in [2.75, 3.05) is 51.9 Å². The highest BCUT2D eigenvalue weighted by Gasteiger charge is 2.21. The first-order valence-corrected chi connectivity index (χ1v) is 11.8. The van der Waals surface area contributed by atoms with Crippen LogP contribution in [0.1, 0.15) is 6.92 Å². The maximum atomic E-state index is 11.7. The third kappa shape index (κ3) is 5.34. The first-order valence-electron chi connectivity index (χ1n) is 11.8. The minimum absolute atomic E-state index is 0.179. The van der Waals surface area contributed by atoms with Gasteiger partial charge in [0.15, 0.2) is 11.5 Å². The Morgan fingerprint density at radius 2 is 2.03 bits per heavy atom. The second-order valence-electron chi connectivity index (χ2n) is 8.46. The van der Waals surface area contributed by atoms with Crippen LogP contribution in [-0.4, -0.2) is 73.5 Å². The van der Waals surface area contributed by atoms with E-state index in [1.165, 1.54) is 13.3 Å². The number of hydrogen-bond acceptors (Lipinski definition) is 10. The fraction of sp³-hybridized carbons (Fsp3) is 0.346. The molecule has 3 heterocycles. The topological polar surface area (TPSA) is 108 Å². The van der Waals surface area contributed by atoms with Gasteiger partial charge in [0.25, 0.3) is 0 Å². The standard InChI is InChI=1S/C26H28N4O6/c1-17(31)36-18(14-30-7-10-33-11-8-30)15-35-25-13-22-20(12-24(25)32-2)26(28-16-27-22)29-21-5-6-23-19(21)4-3-9-34-23/h3-6,9,12-13,16,18H,7-8,10-11,14-15H2,1-2H3,(H,27,28,29). The molecule has 1 saturated heterocycles. The van der Waals surface area contributed by atoms with Crippen molar-refractivity contribution in [1.82, 2.24) is 14.9 Å². The van der Waals surface area contributed by atoms with Crippen LogP contribution < -0.4 is 14.8 Å². The van der Waals surface area contributed by atoms with Gasteiger partial charge >= 0.3 is 5.97 Å². The monoisotopic (exact) mass is 492 g/mol. The second-order valence-corrected chi connectivity index (χ2v) is 8.46. The van der Waals surface area contributed by atoms with Gasteiger partial charge in [-0.1, -0.05) is 0 Å². The van der Waals surface area contributed by atoms with Crippen molar-refractivity contribution in [3.8, 4) is 22.8 Å². The quantitative estimate of drug-likeness (QED) is 0.347. The molecule has 10 nitrogen and oxygen atoms in total. The fourth-order valence-corrected chi connectivity index (χ4v) is 4.28. The number of carbonyl (C=O) groups is 1. The van der Waals surface area contributed by atoms with Crippen molar-refractivity contribution in [3.05, 3.63) is 49.0 Å². The van der Waals surface area contributed by atoms with Crippen LogP contribution in [0.2, 0.25) is 0 Å². The van der Waals surface area contributed by atoms with Crippen molar-refractivity contribution in [3.63, 3.8) is 0 Å². The molecule has 1 aromatic heterocycles. The summed E-state index contributed by atoms with van der Waals surface area (Å²) >= 11 is 0. The van der Waals surface area contributed by atoms with E-state index in [9.17, 15) is 4.79 Å². The Hall–Kier alpha value is -3.89. The Labute approximate surface area is 208 Å². The lowest BCUT2D eigenvalue weighted by atomic mass is 10.2. The van der Waals surface area contributed by atoms with Crippen LogP contribution in [-0.2, 0) is 14.3 Å². The Bertz CT molecular complexity index is 1300. The number of benzene rings is 1. The summed E-state index contributed by atoms with van der Waals surface area (Å²) in [6, 6.07) is 11.3. The fourth-order valence-electron chi connectivity index (χ4n) is 4.28. The minimum atomic E-state index is -0.431. The molecule has 0 bridgehead atoms. The molecule has 1 aliphatic carbocycles. The molecular formula is C26H28N4O6. The molecule has 3 aliphatic rings. The molecule has 1 fully saturated rings. The number of carbonyl (C=O) groups excluding carboxylic acids is 1. The van der Waals surface area contributed by atoms with E-state index in [2.05, 4.69) is 20.2 Å². The maximum absolute atomic E-state index is 11.7. The highest BCUT2D eigenvalue weighted by Crippen LogP contribution is 2.37. The number of ether oxygens (including phenoxy) is 4. The molecule has 0 radical (unpaired) electrons. The van der Waals surface area contributed by atoms with Crippen molar-refractivity contribution in [2.45, 2.75) is 13.0 Å². The summed E-state index contributed by atoms with van der Waals surface area (Å²) in [7, 11) is 1.58. The molecule has 188 valence electrons. The lowest BCUT2D eigenvalue weighted by Crippen LogP contribution is -2.43. The van der Waals surface area contributed by atoms with E-state index in [1.54, 1.807) is 19.4 Å². The van der Waals surface area contributed by atoms with Gasteiger partial charge < -0.3 is 28.7 Å². The maximum Gasteiger partial charge on any atom is 0.303 e. The molecule has 2 aliphatic heterocycles. The van der Waals surface area contributed by atoms with Gasteiger partial charge in [0, 0.05) is 43.6 Å². The Kier molecular flexibility index (Phi) is 7.15. The zero-order valence-electron chi connectivity index (χ0n) is 20.2. The second kappa shape index (κ2) is 10.8. The van der Waals surface area contributed by atoms with Crippen LogP contribution in [0.4, 0.5) is 11.5 Å². The van der Waals surface area contributed by atoms with Crippen LogP contribution >= 0.6 is 0 Å². The summed E-state index contributed by atoms with van der Waals surface area (Å²) in [6.45, 7) is 5.05. The normalized spacial score (nSPS) is 15.1. The van der Waals surface area contributed by atoms with Crippen LogP contribution in [0.15, 0.2) is 53.4 Å². The van der Waals surface area contributed by atoms with E-state index >= 15 is 0 Å². The lowest BCUT2D eigenvalue weighted by Gasteiger charge is -2.30. The predicted molar refractivity (Wildman–Crippen MR) is 133 cm³/mol. The number of nitrogens with zero attached hydrogens (tertiary/aromatic N) is 3. The summed E-state index contributed by atoms with van der Waals surface area (Å²) in [5, 5.41) is 4.15. The van der Waals surface area contributed by atoms with Crippen LogP contribution in [0.5, 0.6) is 11.5 Å². The van der Waals surface area contributed by atoms with Gasteiger partial charge in [-0.3, -0.25) is 9.69 Å². The van der Waals surface area contributed by atoms with Crippen LogP contribution in [0, 0.1) is 0 Å². The number of anilines is 2. The average molecular weight is 493 g/mol. The molecule has 2 aromatic rings. The number of methoxy groups -OCH3 is 1. The Balaban J connectivity index is 1.36. The van der Waals surface area contributed by atoms with Gasteiger partial charge in [0.2, 0.25) is 0 Å². The number of rotatable bonds is 9. The van der Waals surface area contributed by atoms with Gasteiger partial charge in [0.1, 0.15) is 30.6 Å². The first kappa shape index (κ1) is 23.8. The molecule has 0 spiro atoms. The van der Waals surface area contributed by atoms with Gasteiger partial charge in [-0.2, -0.15) is 0 Å². The van der Waals surface area contributed by atoms with Crippen LogP contribution in [0.25, 0.3) is 22.2 Å². The largest absolute Gasteiger partial charge is 0.493 e. The minimum Gasteiger partial charge on any atom is -0.493 e. The SMILES string of the molecule is COc1cc2c(Nc3ccc4occcc3-4)ncnc2cc1OCC(CN1CCOCC1)OC(C)=O. The van der Waals surface area contributed by atoms with Gasteiger partial charge in [-0.15, -0.1) is 0 Å². The molecule has 10 heteroatoms. The zero-order valence-corrected chi connectivity index (χ0v) is 20.2. The molecule has 1 aromatic carbocycles. The zero-order chi connectivity index (χ0) is 24.9. The summed E-state index contributed by atoms with van der Waals surface area (Å²) in [4.78, 5) is 22.7. The number of hydrogen-bond donors (Lipinski definition) is 1. The summed E-state index contributed by atoms with van der Waals surface area (Å²) in [5.41, 5.74) is 2.51. The van der Waals surface area contributed by atoms with E-state index < -0.39 is 6.10 Å². The van der Waals surface area contributed by atoms with E-state index in [4.69, 9.17) is 23.4 Å². The predicted octanol–water partition coefficient (Wildman–Crippen LogP) is 3.72. The number of esters is 1. The van der Waals surface area contributed by atoms with E-state index in [1.807, 2.05) is 30.3 Å². The molecule has 1 unspecified atom stereocenters. The third-order valence-corrected chi connectivity index (χ3v) is 5.99. The molecule has 0 saturated carbocycles. The van der Waals surface area contributed by atoms with Gasteiger partial charge in [-0.05, 0) is 30.3 Å². The average Bonchev–Trinajstić information content (AvgIpc) is 3.30. The van der Waals surface area contributed by atoms with Crippen molar-refractivity contribution in [2.24, 2.45) is 0 Å². The van der Waals surface area contributed by atoms with Crippen molar-refractivity contribution in [1.29, 1.82) is 0 Å². The molecule has 5 rings (SSSR count). The summed E-state index contributed by atoms with van der Waals surface area (Å²) in [6.07, 6.45) is 2.71. The molecular weight excluding hydrogens is 464 g/mol. The van der Waals surface area contributed by atoms with E-state index in [0.29, 0.717) is 42.6 Å². The lowest BCUT2D eigenvalue weighted by molar-refractivity contribution is -0.149. The third-order valence-electron chi connectivity index (χ3n) is 5.99. The molecule has 1 N–H and O–H groups in total. The molecule has 36 heavy (non-hydrogen) atoms. The van der Waals surface area contributed by atoms with Gasteiger partial charge in [-0.25, -0.2) is 9.97 Å². The van der Waals surface area contributed by atoms with E-state index in [-0.39, 0.29) is 12.6 Å². The number of aromatic nitrogens is 2. The van der Waals surface area contributed by atoms with Crippen molar-refractivity contribution >= 4 is 28.4 Å². The van der Waals surface area contributed by atoms with Gasteiger partial charge in [0.05, 0.1) is 37.8 Å². The number of fused-ring (bicyclic) bond motifs is 2. The summed E-state index contributed by atoms with van der Waals surface area (Å²) < 4.78 is 28.2. The summed E-state index contributed by atoms with van der Waals surface area (Å²) in [5.74, 6) is 2.10. The number of morpholine rings is 1. The van der Waals surface area contributed by atoms with Crippen molar-refractivity contribution < 1.29 is 28.2 Å². The smallest absolute Gasteiger partial charge is 0.303 e. The number of nitrogens with one attached hydrogen (secondary N) is 1. The molecule has 1 atom stereocenters. The van der Waals surface area contributed by atoms with E-state index in [0.717, 1.165) is 35.5 Å². The van der Waals surface area contributed by atoms with Crippen LogP contribution in [0.3, 0.4) is 0 Å². The molecule has 0 amide bonds. The highest BCUT2D eigenvalue weighted by molar-refractivity contribution is 5.94. The Morgan fingerprint density at radius 3 is 2.83 bits per heavy atom. The first-order chi connectivity index (χ1) is 17.6. The highest BCUT2D eigenvalue weighted by atomic mass is 16.6.